The molecule has 1 heterocycles. The van der Waals surface area contributed by atoms with Crippen molar-refractivity contribution in [3.8, 4) is 5.75 Å². The molecule has 172 valence electrons. The van der Waals surface area contributed by atoms with Crippen LogP contribution in [0, 0.1) is 0 Å². The van der Waals surface area contributed by atoms with Crippen molar-refractivity contribution in [3.63, 3.8) is 0 Å². The van der Waals surface area contributed by atoms with E-state index in [-0.39, 0.29) is 11.9 Å². The van der Waals surface area contributed by atoms with Gasteiger partial charge in [0.1, 0.15) is 5.75 Å². The second-order valence-corrected chi connectivity index (χ2v) is 25.4. The Bertz CT molecular complexity index is 1010. The standard InChI is InChI=1S/C24H36N2O3Si3/c1-30(2,3)25-22(27)24(19-13-11-10-12-14-19,26(23(25)28)31(4,5)6)20-15-17-21(18-16-20)29-32(7,8)9/h10-18H,1-9H3. The van der Waals surface area contributed by atoms with Gasteiger partial charge in [0.25, 0.3) is 5.91 Å². The molecule has 3 amide bonds. The van der Waals surface area contributed by atoms with Gasteiger partial charge in [-0.3, -0.25) is 9.36 Å². The molecule has 0 saturated carbocycles. The molecule has 8 heteroatoms. The van der Waals surface area contributed by atoms with Crippen LogP contribution in [0.5, 0.6) is 5.75 Å². The highest BCUT2D eigenvalue weighted by Gasteiger charge is 2.64. The minimum absolute atomic E-state index is 0.130. The average Bonchev–Trinajstić information content (AvgIpc) is 2.89. The van der Waals surface area contributed by atoms with Gasteiger partial charge in [0.05, 0.1) is 0 Å². The number of imide groups is 1. The summed E-state index contributed by atoms with van der Waals surface area (Å²) in [5.41, 5.74) is 0.481. The SMILES string of the molecule is C[Si](C)(C)Oc1ccc(C2(c3ccccc3)C(=O)N([Si](C)(C)C)C(=O)N2[Si](C)(C)C)cc1. The molecule has 1 aliphatic heterocycles. The number of urea groups is 1. The second kappa shape index (κ2) is 8.00. The first-order valence-electron chi connectivity index (χ1n) is 11.1. The highest BCUT2D eigenvalue weighted by atomic mass is 28.4. The zero-order chi connectivity index (χ0) is 24.1. The van der Waals surface area contributed by atoms with Gasteiger partial charge in [-0.1, -0.05) is 81.7 Å². The number of hydrogen-bond donors (Lipinski definition) is 0. The molecular formula is C24H36N2O3Si3. The van der Waals surface area contributed by atoms with Crippen molar-refractivity contribution in [2.45, 2.75) is 64.5 Å². The summed E-state index contributed by atoms with van der Waals surface area (Å²) in [6, 6.07) is 17.4. The van der Waals surface area contributed by atoms with E-state index in [1.54, 1.807) is 4.57 Å². The van der Waals surface area contributed by atoms with E-state index in [0.717, 1.165) is 16.9 Å². The fraction of sp³-hybridized carbons (Fsp3) is 0.417. The molecule has 0 bridgehead atoms. The molecule has 1 atom stereocenters. The highest BCUT2D eigenvalue weighted by Crippen LogP contribution is 2.47. The third-order valence-electron chi connectivity index (χ3n) is 5.46. The van der Waals surface area contributed by atoms with Gasteiger partial charge in [-0.2, -0.15) is 0 Å². The first-order valence-corrected chi connectivity index (χ1v) is 21.4. The molecule has 1 fully saturated rings. The first kappa shape index (κ1) is 24.5. The van der Waals surface area contributed by atoms with Gasteiger partial charge >= 0.3 is 6.03 Å². The van der Waals surface area contributed by atoms with Crippen LogP contribution in [0.4, 0.5) is 4.79 Å². The van der Waals surface area contributed by atoms with Crippen LogP contribution in [0.1, 0.15) is 11.1 Å². The van der Waals surface area contributed by atoms with E-state index in [1.807, 2.05) is 59.2 Å². The van der Waals surface area contributed by atoms with Gasteiger partial charge in [0.2, 0.25) is 8.32 Å². The van der Waals surface area contributed by atoms with Crippen LogP contribution >= 0.6 is 0 Å². The normalized spacial score (nSPS) is 20.2. The van der Waals surface area contributed by atoms with Crippen LogP contribution < -0.4 is 4.43 Å². The summed E-state index contributed by atoms with van der Waals surface area (Å²) in [5, 5.41) is 0. The predicted molar refractivity (Wildman–Crippen MR) is 138 cm³/mol. The maximum absolute atomic E-state index is 14.4. The van der Waals surface area contributed by atoms with Gasteiger partial charge in [0, 0.05) is 0 Å². The molecule has 2 aromatic rings. The number of nitrogens with zero attached hydrogens (tertiary/aromatic N) is 2. The summed E-state index contributed by atoms with van der Waals surface area (Å²) < 4.78 is 9.66. The Labute approximate surface area is 195 Å². The van der Waals surface area contributed by atoms with Crippen LogP contribution in [0.15, 0.2) is 54.6 Å². The van der Waals surface area contributed by atoms with Crippen LogP contribution in [0.25, 0.3) is 0 Å². The minimum Gasteiger partial charge on any atom is -0.544 e. The number of benzene rings is 2. The van der Waals surface area contributed by atoms with Crippen molar-refractivity contribution < 1.29 is 14.0 Å². The van der Waals surface area contributed by atoms with E-state index in [0.29, 0.717) is 0 Å². The maximum Gasteiger partial charge on any atom is 0.311 e. The highest BCUT2D eigenvalue weighted by molar-refractivity contribution is 6.82. The van der Waals surface area contributed by atoms with E-state index >= 15 is 0 Å². The largest absolute Gasteiger partial charge is 0.544 e. The molecule has 3 rings (SSSR count). The summed E-state index contributed by atoms with van der Waals surface area (Å²) in [7, 11) is -6.32. The van der Waals surface area contributed by atoms with Crippen molar-refractivity contribution in [1.29, 1.82) is 0 Å². The molecule has 0 aromatic heterocycles. The van der Waals surface area contributed by atoms with Crippen molar-refractivity contribution >= 4 is 36.7 Å². The monoisotopic (exact) mass is 484 g/mol. The Morgan fingerprint density at radius 3 is 1.62 bits per heavy atom. The van der Waals surface area contributed by atoms with Crippen molar-refractivity contribution in [2.75, 3.05) is 0 Å². The fourth-order valence-electron chi connectivity index (χ4n) is 4.44. The number of carbonyl (C=O) groups is 2. The Kier molecular flexibility index (Phi) is 6.12. The average molecular weight is 485 g/mol. The van der Waals surface area contributed by atoms with Crippen LogP contribution in [-0.4, -0.2) is 45.9 Å². The Hall–Kier alpha value is -2.17. The third-order valence-corrected chi connectivity index (χ3v) is 9.91. The smallest absolute Gasteiger partial charge is 0.311 e. The molecule has 1 saturated heterocycles. The van der Waals surface area contributed by atoms with Crippen LogP contribution in [0.2, 0.25) is 58.9 Å². The molecule has 0 N–H and O–H groups in total. The van der Waals surface area contributed by atoms with Crippen molar-refractivity contribution in [1.82, 2.24) is 9.13 Å². The van der Waals surface area contributed by atoms with Gasteiger partial charge in [-0.25, -0.2) is 4.79 Å². The lowest BCUT2D eigenvalue weighted by Crippen LogP contribution is -2.58. The maximum atomic E-state index is 14.4. The Morgan fingerprint density at radius 1 is 0.688 bits per heavy atom. The summed E-state index contributed by atoms with van der Waals surface area (Å²) in [6.07, 6.45) is 0. The van der Waals surface area contributed by atoms with Crippen LogP contribution in [-0.2, 0) is 10.3 Å². The van der Waals surface area contributed by atoms with Crippen LogP contribution in [0.3, 0.4) is 0 Å². The third kappa shape index (κ3) is 4.23. The minimum atomic E-state index is -2.28. The Morgan fingerprint density at radius 2 is 1.19 bits per heavy atom. The zero-order valence-corrected chi connectivity index (χ0v) is 23.8. The molecule has 0 spiro atoms. The van der Waals surface area contributed by atoms with E-state index in [1.165, 1.54) is 0 Å². The number of amides is 3. The van der Waals surface area contributed by atoms with Gasteiger partial charge in [0.15, 0.2) is 22.0 Å². The van der Waals surface area contributed by atoms with Gasteiger partial charge in [-0.05, 0) is 42.9 Å². The van der Waals surface area contributed by atoms with E-state index in [4.69, 9.17) is 4.43 Å². The molecule has 0 aliphatic carbocycles. The van der Waals surface area contributed by atoms with E-state index in [2.05, 4.69) is 58.9 Å². The number of hydrogen-bond acceptors (Lipinski definition) is 3. The summed E-state index contributed by atoms with van der Waals surface area (Å²) in [4.78, 5) is 28.3. The predicted octanol–water partition coefficient (Wildman–Crippen LogP) is 6.08. The molecule has 1 aliphatic rings. The lowest BCUT2D eigenvalue weighted by Gasteiger charge is -2.43. The molecule has 1 unspecified atom stereocenters. The quantitative estimate of drug-likeness (QED) is 0.369. The van der Waals surface area contributed by atoms with E-state index < -0.39 is 30.3 Å². The lowest BCUT2D eigenvalue weighted by molar-refractivity contribution is -0.128. The molecule has 2 aromatic carbocycles. The fourth-order valence-corrected chi connectivity index (χ4v) is 8.86. The number of carbonyl (C=O) groups excluding carboxylic acids is 2. The second-order valence-electron chi connectivity index (χ2n) is 11.4. The summed E-state index contributed by atoms with van der Waals surface area (Å²) >= 11 is 0. The Balaban J connectivity index is 2.32. The van der Waals surface area contributed by atoms with Crippen molar-refractivity contribution in [2.24, 2.45) is 0 Å². The molecule has 5 nitrogen and oxygen atoms in total. The molecule has 0 radical (unpaired) electrons. The van der Waals surface area contributed by atoms with Gasteiger partial charge < -0.3 is 8.99 Å². The van der Waals surface area contributed by atoms with Crippen molar-refractivity contribution in [3.05, 3.63) is 65.7 Å². The number of rotatable bonds is 6. The summed E-state index contributed by atoms with van der Waals surface area (Å²) in [6.45, 7) is 19.0. The molecular weight excluding hydrogens is 449 g/mol. The van der Waals surface area contributed by atoms with Gasteiger partial charge in [-0.15, -0.1) is 0 Å². The topological polar surface area (TPSA) is 49.9 Å². The zero-order valence-electron chi connectivity index (χ0n) is 20.8. The molecule has 32 heavy (non-hydrogen) atoms. The summed E-state index contributed by atoms with van der Waals surface area (Å²) in [5.74, 6) is 0.670. The van der Waals surface area contributed by atoms with E-state index in [9.17, 15) is 9.59 Å². The first-order chi connectivity index (χ1) is 14.6. The lowest BCUT2D eigenvalue weighted by atomic mass is 9.83.